The molecular weight excluding hydrogens is 570 g/mol. The molecule has 0 atom stereocenters. The van der Waals surface area contributed by atoms with Crippen LogP contribution in [-0.4, -0.2) is 83.5 Å². The molecule has 0 unspecified atom stereocenters. The largest absolute Gasteiger partial charge is 0.395 e. The van der Waals surface area contributed by atoms with Crippen molar-refractivity contribution in [1.29, 1.82) is 0 Å². The first-order chi connectivity index (χ1) is 19.9. The van der Waals surface area contributed by atoms with Gasteiger partial charge in [-0.3, -0.25) is 9.52 Å². The van der Waals surface area contributed by atoms with E-state index in [-0.39, 0.29) is 31.7 Å². The third kappa shape index (κ3) is 5.98. The maximum atomic E-state index is 13.9. The number of aryl methyl sites for hydroxylation is 1. The average Bonchev–Trinajstić information content (AvgIpc) is 3.57. The van der Waals surface area contributed by atoms with Crippen molar-refractivity contribution in [3.8, 4) is 0 Å². The molecule has 3 N–H and O–H groups in total. The van der Waals surface area contributed by atoms with E-state index >= 15 is 0 Å². The Morgan fingerprint density at radius 2 is 1.71 bits per heavy atom. The van der Waals surface area contributed by atoms with Gasteiger partial charge in [0.05, 0.1) is 35.5 Å². The smallest absolute Gasteiger partial charge is 0.258 e. The number of hydrogen-bond acceptors (Lipinski definition) is 9. The molecule has 0 radical (unpaired) electrons. The molecule has 15 heteroatoms. The number of anilines is 4. The number of rotatable bonds is 8. The van der Waals surface area contributed by atoms with Crippen LogP contribution in [0.25, 0.3) is 5.65 Å². The fraction of sp³-hybridized carbons (Fsp3) is 0.556. The number of aliphatic hydroxyl groups excluding tert-OH is 1. The van der Waals surface area contributed by atoms with Crippen molar-refractivity contribution in [3.63, 3.8) is 0 Å². The minimum Gasteiger partial charge on any atom is -0.395 e. The third-order valence-electron chi connectivity index (χ3n) is 8.44. The van der Waals surface area contributed by atoms with E-state index in [1.807, 2.05) is 0 Å². The second-order valence-corrected chi connectivity index (χ2v) is 13.4. The molecule has 42 heavy (non-hydrogen) atoms. The molecule has 0 bridgehead atoms. The summed E-state index contributed by atoms with van der Waals surface area (Å²) in [6, 6.07) is 4.72. The molecule has 3 fully saturated rings. The summed E-state index contributed by atoms with van der Waals surface area (Å²) >= 11 is 0. The highest BCUT2D eigenvalue weighted by Crippen LogP contribution is 2.54. The number of nitrogens with zero attached hydrogens (tertiary/aromatic N) is 6. The van der Waals surface area contributed by atoms with Gasteiger partial charge < -0.3 is 20.2 Å². The Morgan fingerprint density at radius 1 is 1.02 bits per heavy atom. The van der Waals surface area contributed by atoms with E-state index in [2.05, 4.69) is 30.0 Å². The number of sulfonamides is 1. The zero-order valence-electron chi connectivity index (χ0n) is 23.3. The van der Waals surface area contributed by atoms with Crippen LogP contribution in [0.5, 0.6) is 0 Å². The number of alkyl halides is 2. The van der Waals surface area contributed by atoms with E-state index in [1.165, 1.54) is 29.6 Å². The van der Waals surface area contributed by atoms with E-state index in [0.29, 0.717) is 39.6 Å². The molecule has 226 valence electrons. The van der Waals surface area contributed by atoms with Crippen molar-refractivity contribution >= 4 is 44.6 Å². The second kappa shape index (κ2) is 10.6. The minimum absolute atomic E-state index is 0.0905. The van der Waals surface area contributed by atoms with Gasteiger partial charge in [0, 0.05) is 39.0 Å². The van der Waals surface area contributed by atoms with Gasteiger partial charge in [-0.05, 0) is 56.2 Å². The van der Waals surface area contributed by atoms with Gasteiger partial charge in [-0.1, -0.05) is 0 Å². The lowest BCUT2D eigenvalue weighted by Gasteiger charge is -2.35. The molecule has 2 aromatic heterocycles. The molecule has 1 amide bonds. The summed E-state index contributed by atoms with van der Waals surface area (Å²) in [4.78, 5) is 26.6. The van der Waals surface area contributed by atoms with Gasteiger partial charge in [0.2, 0.25) is 10.0 Å². The highest BCUT2D eigenvalue weighted by Gasteiger charge is 2.44. The Kier molecular flexibility index (Phi) is 7.20. The number of piperidine rings is 2. The van der Waals surface area contributed by atoms with E-state index < -0.39 is 34.2 Å². The van der Waals surface area contributed by atoms with Crippen LogP contribution in [0.15, 0.2) is 24.4 Å². The molecule has 6 rings (SSSR count). The SMILES string of the molecule is Cc1nc2c(N3CCC(F)(F)CC3)nc(NC(=O)c3ccc(NS(=O)(=O)CCO)cc3N3CCC4(CC3)CC4)cn2n1. The van der Waals surface area contributed by atoms with E-state index in [1.54, 1.807) is 24.0 Å². The van der Waals surface area contributed by atoms with Crippen molar-refractivity contribution in [2.75, 3.05) is 58.4 Å². The van der Waals surface area contributed by atoms with Crippen molar-refractivity contribution in [3.05, 3.63) is 35.8 Å². The lowest BCUT2D eigenvalue weighted by molar-refractivity contribution is -0.0221. The lowest BCUT2D eigenvalue weighted by Crippen LogP contribution is -2.40. The van der Waals surface area contributed by atoms with Crippen LogP contribution in [0.1, 0.15) is 54.7 Å². The molecule has 2 saturated heterocycles. The molecule has 12 nitrogen and oxygen atoms in total. The normalized spacial score (nSPS) is 19.7. The molecular formula is C27H34F2N8O4S. The van der Waals surface area contributed by atoms with Crippen molar-refractivity contribution in [1.82, 2.24) is 19.6 Å². The summed E-state index contributed by atoms with van der Waals surface area (Å²) in [6.45, 7) is 2.85. The van der Waals surface area contributed by atoms with Gasteiger partial charge in [-0.2, -0.15) is 5.10 Å². The monoisotopic (exact) mass is 604 g/mol. The van der Waals surface area contributed by atoms with Crippen LogP contribution < -0.4 is 19.8 Å². The molecule has 3 aromatic rings. The van der Waals surface area contributed by atoms with Crippen molar-refractivity contribution in [2.45, 2.75) is 51.4 Å². The molecule has 1 spiro atoms. The van der Waals surface area contributed by atoms with Crippen LogP contribution in [0, 0.1) is 12.3 Å². The average molecular weight is 605 g/mol. The van der Waals surface area contributed by atoms with Crippen LogP contribution in [0.2, 0.25) is 0 Å². The Hall–Kier alpha value is -3.59. The number of nitrogens with one attached hydrogen (secondary N) is 2. The topological polar surface area (TPSA) is 145 Å². The Labute approximate surface area is 242 Å². The fourth-order valence-electron chi connectivity index (χ4n) is 5.78. The van der Waals surface area contributed by atoms with E-state index in [9.17, 15) is 22.0 Å². The Balaban J connectivity index is 1.30. The summed E-state index contributed by atoms with van der Waals surface area (Å²) in [6.07, 6.45) is 5.33. The summed E-state index contributed by atoms with van der Waals surface area (Å²) in [5, 5.41) is 16.3. The lowest BCUT2D eigenvalue weighted by atomic mass is 9.93. The summed E-state index contributed by atoms with van der Waals surface area (Å²) < 4.78 is 56.3. The fourth-order valence-corrected chi connectivity index (χ4v) is 6.61. The second-order valence-electron chi connectivity index (χ2n) is 11.5. The third-order valence-corrected chi connectivity index (χ3v) is 9.71. The zero-order valence-corrected chi connectivity index (χ0v) is 24.1. The number of benzene rings is 1. The molecule has 1 aliphatic carbocycles. The minimum atomic E-state index is -3.76. The van der Waals surface area contributed by atoms with Crippen molar-refractivity contribution in [2.24, 2.45) is 5.41 Å². The maximum absolute atomic E-state index is 13.9. The highest BCUT2D eigenvalue weighted by molar-refractivity contribution is 7.92. The first-order valence-electron chi connectivity index (χ1n) is 14.1. The van der Waals surface area contributed by atoms with E-state index in [0.717, 1.165) is 25.9 Å². The number of aromatic nitrogens is 4. The van der Waals surface area contributed by atoms with Gasteiger partial charge in [0.15, 0.2) is 17.3 Å². The van der Waals surface area contributed by atoms with Gasteiger partial charge in [0.25, 0.3) is 11.8 Å². The van der Waals surface area contributed by atoms with Crippen molar-refractivity contribution < 1.29 is 27.1 Å². The van der Waals surface area contributed by atoms with Gasteiger partial charge in [-0.25, -0.2) is 31.7 Å². The number of aliphatic hydroxyl groups is 1. The van der Waals surface area contributed by atoms with Gasteiger partial charge in [0.1, 0.15) is 5.82 Å². The number of fused-ring (bicyclic) bond motifs is 1. The summed E-state index contributed by atoms with van der Waals surface area (Å²) in [5.74, 6) is -2.61. The summed E-state index contributed by atoms with van der Waals surface area (Å²) in [7, 11) is -3.76. The number of hydrogen-bond donors (Lipinski definition) is 3. The van der Waals surface area contributed by atoms with Crippen LogP contribution in [0.4, 0.5) is 31.8 Å². The number of halogens is 2. The molecule has 3 aliphatic rings. The molecule has 1 aromatic carbocycles. The standard InChI is InChI=1S/C27H34F2N8O4S/c1-18-30-24-23(36-12-8-27(28,29)9-13-36)31-22(17-37(24)33-18)32-25(39)20-3-2-19(34-42(40,41)15-14-38)16-21(20)35-10-6-26(4-5-26)7-11-35/h2-3,16-17,34,38H,4-15H2,1H3,(H,32,39). The van der Waals surface area contributed by atoms with Crippen LogP contribution >= 0.6 is 0 Å². The predicted octanol–water partition coefficient (Wildman–Crippen LogP) is 3.03. The molecule has 4 heterocycles. The Morgan fingerprint density at radius 3 is 2.38 bits per heavy atom. The first-order valence-corrected chi connectivity index (χ1v) is 15.8. The van der Waals surface area contributed by atoms with E-state index in [4.69, 9.17) is 5.11 Å². The quantitative estimate of drug-likeness (QED) is 0.353. The number of carbonyl (C=O) groups is 1. The number of amides is 1. The maximum Gasteiger partial charge on any atom is 0.258 e. The highest BCUT2D eigenvalue weighted by atomic mass is 32.2. The van der Waals surface area contributed by atoms with Gasteiger partial charge >= 0.3 is 0 Å². The Bertz CT molecular complexity index is 1610. The zero-order chi connectivity index (χ0) is 29.7. The van der Waals surface area contributed by atoms with Crippen LogP contribution in [0.3, 0.4) is 0 Å². The molecule has 2 aliphatic heterocycles. The first kappa shape index (κ1) is 28.5. The van der Waals surface area contributed by atoms with Gasteiger partial charge in [-0.15, -0.1) is 0 Å². The number of carbonyl (C=O) groups excluding carboxylic acids is 1. The summed E-state index contributed by atoms with van der Waals surface area (Å²) in [5.41, 5.74) is 2.02. The molecule has 1 saturated carbocycles. The predicted molar refractivity (Wildman–Crippen MR) is 154 cm³/mol. The van der Waals surface area contributed by atoms with Crippen LogP contribution in [-0.2, 0) is 10.0 Å².